The summed E-state index contributed by atoms with van der Waals surface area (Å²) in [7, 11) is 0. The molecule has 0 aromatic carbocycles. The Kier molecular flexibility index (Phi) is 2.02. The smallest absolute Gasteiger partial charge is 0.253 e. The van der Waals surface area contributed by atoms with E-state index in [2.05, 4.69) is 9.78 Å². The summed E-state index contributed by atoms with van der Waals surface area (Å²) < 4.78 is 0. The third-order valence-corrected chi connectivity index (χ3v) is 1.22. The number of aliphatic hydroxyl groups is 1. The Bertz CT molecular complexity index is 84.2. The molecule has 1 aliphatic rings. The van der Waals surface area contributed by atoms with Crippen molar-refractivity contribution in [1.82, 2.24) is 0 Å². The van der Waals surface area contributed by atoms with Crippen molar-refractivity contribution >= 4 is 0 Å². The molecule has 0 aromatic heterocycles. The Hall–Kier alpha value is -0.160. The van der Waals surface area contributed by atoms with Gasteiger partial charge in [-0.15, -0.1) is 0 Å². The highest BCUT2D eigenvalue weighted by Gasteiger charge is 2.24. The van der Waals surface area contributed by atoms with Gasteiger partial charge in [0.2, 0.25) is 0 Å². The van der Waals surface area contributed by atoms with E-state index in [9.17, 15) is 0 Å². The lowest BCUT2D eigenvalue weighted by Crippen LogP contribution is -2.41. The Labute approximate surface area is 53.5 Å². The quantitative estimate of drug-likeness (QED) is 0.352. The number of hydrogen-bond acceptors (Lipinski definition) is 4. The molecule has 9 heavy (non-hydrogen) atoms. The molecule has 1 heterocycles. The maximum absolute atomic E-state index is 8.98. The number of rotatable bonds is 0. The summed E-state index contributed by atoms with van der Waals surface area (Å²) in [6, 6.07) is 0. The maximum atomic E-state index is 8.98. The molecular formula is C5H11NO3. The molecule has 54 valence electrons. The summed E-state index contributed by atoms with van der Waals surface area (Å²) in [5.41, 5.74) is 5.19. The molecule has 0 radical (unpaired) electrons. The van der Waals surface area contributed by atoms with Crippen molar-refractivity contribution in [3.63, 3.8) is 0 Å². The number of nitrogens with two attached hydrogens (primary N) is 1. The Balaban J connectivity index is 2.36. The van der Waals surface area contributed by atoms with Crippen LogP contribution < -0.4 is 5.73 Å². The van der Waals surface area contributed by atoms with Crippen molar-refractivity contribution < 1.29 is 14.9 Å². The minimum absolute atomic E-state index is 0.438. The Morgan fingerprint density at radius 2 is 2.22 bits per heavy atom. The highest BCUT2D eigenvalue weighted by atomic mass is 17.2. The molecule has 0 bridgehead atoms. The van der Waals surface area contributed by atoms with Gasteiger partial charge in [-0.05, 0) is 12.8 Å². The average molecular weight is 133 g/mol. The van der Waals surface area contributed by atoms with E-state index < -0.39 is 5.91 Å². The van der Waals surface area contributed by atoms with E-state index in [0.717, 1.165) is 12.8 Å². The second-order valence-electron chi connectivity index (χ2n) is 2.21. The molecule has 1 saturated heterocycles. The van der Waals surface area contributed by atoms with Gasteiger partial charge in [0.05, 0.1) is 6.61 Å². The van der Waals surface area contributed by atoms with Crippen LogP contribution in [0.5, 0.6) is 0 Å². The third-order valence-electron chi connectivity index (χ3n) is 1.22. The molecule has 0 spiro atoms. The maximum Gasteiger partial charge on any atom is 0.253 e. The van der Waals surface area contributed by atoms with Crippen LogP contribution in [0, 0.1) is 0 Å². The second-order valence-corrected chi connectivity index (χ2v) is 2.21. The van der Waals surface area contributed by atoms with Gasteiger partial charge < -0.3 is 5.11 Å². The van der Waals surface area contributed by atoms with E-state index in [4.69, 9.17) is 10.8 Å². The fraction of sp³-hybridized carbons (Fsp3) is 1.00. The van der Waals surface area contributed by atoms with E-state index in [1.807, 2.05) is 0 Å². The highest BCUT2D eigenvalue weighted by Crippen LogP contribution is 2.14. The molecule has 0 aromatic rings. The van der Waals surface area contributed by atoms with Gasteiger partial charge in [-0.3, -0.25) is 5.73 Å². The summed E-state index contributed by atoms with van der Waals surface area (Å²) in [5, 5.41) is 8.98. The first-order valence-electron chi connectivity index (χ1n) is 3.03. The largest absolute Gasteiger partial charge is 0.352 e. The predicted molar refractivity (Wildman–Crippen MR) is 30.0 cm³/mol. The first kappa shape index (κ1) is 6.95. The van der Waals surface area contributed by atoms with E-state index in [1.54, 1.807) is 0 Å². The average Bonchev–Trinajstić information content (AvgIpc) is 1.92. The first-order valence-corrected chi connectivity index (χ1v) is 3.03. The standard InChI is InChI=1S/C5H11NO3/c6-5(7)3-1-2-4-8-9-5/h7H,1-4,6H2. The minimum Gasteiger partial charge on any atom is -0.352 e. The molecule has 1 atom stereocenters. The van der Waals surface area contributed by atoms with Crippen molar-refractivity contribution in [2.24, 2.45) is 5.73 Å². The molecule has 4 nitrogen and oxygen atoms in total. The molecule has 4 heteroatoms. The molecule has 1 unspecified atom stereocenters. The van der Waals surface area contributed by atoms with Gasteiger partial charge in [0.15, 0.2) is 0 Å². The van der Waals surface area contributed by atoms with E-state index in [1.165, 1.54) is 0 Å². The molecule has 0 saturated carbocycles. The third kappa shape index (κ3) is 2.28. The molecule has 3 N–H and O–H groups in total. The van der Waals surface area contributed by atoms with Crippen molar-refractivity contribution in [2.75, 3.05) is 6.61 Å². The van der Waals surface area contributed by atoms with Gasteiger partial charge in [0, 0.05) is 6.42 Å². The van der Waals surface area contributed by atoms with Gasteiger partial charge in [-0.2, -0.15) is 4.89 Å². The molecule has 1 aliphatic heterocycles. The van der Waals surface area contributed by atoms with Crippen LogP contribution in [-0.4, -0.2) is 17.6 Å². The lowest BCUT2D eigenvalue weighted by atomic mass is 10.2. The van der Waals surface area contributed by atoms with Crippen LogP contribution in [0.4, 0.5) is 0 Å². The molecule has 0 amide bonds. The van der Waals surface area contributed by atoms with Gasteiger partial charge >= 0.3 is 0 Å². The van der Waals surface area contributed by atoms with Crippen molar-refractivity contribution in [2.45, 2.75) is 25.2 Å². The van der Waals surface area contributed by atoms with Crippen LogP contribution in [0.1, 0.15) is 19.3 Å². The summed E-state index contributed by atoms with van der Waals surface area (Å²) in [5.74, 6) is -1.56. The summed E-state index contributed by atoms with van der Waals surface area (Å²) in [4.78, 5) is 8.96. The van der Waals surface area contributed by atoms with Crippen LogP contribution in [0.2, 0.25) is 0 Å². The topological polar surface area (TPSA) is 64.7 Å². The number of hydrogen-bond donors (Lipinski definition) is 2. The predicted octanol–water partition coefficient (Wildman–Crippen LogP) is -0.277. The Morgan fingerprint density at radius 3 is 3.00 bits per heavy atom. The van der Waals surface area contributed by atoms with Crippen molar-refractivity contribution in [1.29, 1.82) is 0 Å². The van der Waals surface area contributed by atoms with Crippen LogP contribution >= 0.6 is 0 Å². The second kappa shape index (κ2) is 2.62. The SMILES string of the molecule is NC1(O)CCCCOO1. The van der Waals surface area contributed by atoms with Crippen molar-refractivity contribution in [3.05, 3.63) is 0 Å². The minimum atomic E-state index is -1.56. The van der Waals surface area contributed by atoms with Crippen LogP contribution in [0.15, 0.2) is 0 Å². The normalized spacial score (nSPS) is 38.0. The van der Waals surface area contributed by atoms with Crippen LogP contribution in [0.3, 0.4) is 0 Å². The summed E-state index contributed by atoms with van der Waals surface area (Å²) >= 11 is 0. The van der Waals surface area contributed by atoms with Crippen LogP contribution in [-0.2, 0) is 9.78 Å². The highest BCUT2D eigenvalue weighted by molar-refractivity contribution is 4.57. The summed E-state index contributed by atoms with van der Waals surface area (Å²) in [6.45, 7) is 0.513. The fourth-order valence-electron chi connectivity index (χ4n) is 0.725. The molecule has 0 aliphatic carbocycles. The van der Waals surface area contributed by atoms with Crippen LogP contribution in [0.25, 0.3) is 0 Å². The zero-order chi connectivity index (χ0) is 6.74. The van der Waals surface area contributed by atoms with E-state index in [0.29, 0.717) is 13.0 Å². The zero-order valence-electron chi connectivity index (χ0n) is 5.17. The first-order chi connectivity index (χ1) is 4.21. The Morgan fingerprint density at radius 1 is 1.44 bits per heavy atom. The lowest BCUT2D eigenvalue weighted by molar-refractivity contribution is -0.412. The monoisotopic (exact) mass is 133 g/mol. The van der Waals surface area contributed by atoms with Gasteiger partial charge in [-0.1, -0.05) is 0 Å². The fourth-order valence-corrected chi connectivity index (χ4v) is 0.725. The van der Waals surface area contributed by atoms with Gasteiger partial charge in [-0.25, -0.2) is 4.89 Å². The molecule has 1 rings (SSSR count). The van der Waals surface area contributed by atoms with Gasteiger partial charge in [0.25, 0.3) is 5.91 Å². The summed E-state index contributed by atoms with van der Waals surface area (Å²) in [6.07, 6.45) is 2.17. The van der Waals surface area contributed by atoms with Crippen molar-refractivity contribution in [3.8, 4) is 0 Å². The zero-order valence-corrected chi connectivity index (χ0v) is 5.17. The van der Waals surface area contributed by atoms with Gasteiger partial charge in [0.1, 0.15) is 0 Å². The van der Waals surface area contributed by atoms with E-state index in [-0.39, 0.29) is 0 Å². The lowest BCUT2D eigenvalue weighted by Gasteiger charge is -2.17. The molecular weight excluding hydrogens is 122 g/mol. The molecule has 1 fully saturated rings. The van der Waals surface area contributed by atoms with E-state index >= 15 is 0 Å².